The first kappa shape index (κ1) is 38.7. The predicted octanol–water partition coefficient (Wildman–Crippen LogP) is 12.0. The summed E-state index contributed by atoms with van der Waals surface area (Å²) in [4.78, 5) is 14.1. The zero-order valence-electron chi connectivity index (χ0n) is 32.0. The van der Waals surface area contributed by atoms with Gasteiger partial charge in [-0.3, -0.25) is 4.79 Å². The first-order valence-corrected chi connectivity index (χ1v) is 18.4. The summed E-state index contributed by atoms with van der Waals surface area (Å²) in [7, 11) is 3.15. The normalized spacial score (nSPS) is 11.7. The fraction of sp³-hybridized carbons (Fsp3) is 0.298. The zero-order valence-corrected chi connectivity index (χ0v) is 32.0. The Kier molecular flexibility index (Phi) is 14.2. The van der Waals surface area contributed by atoms with Gasteiger partial charge in [-0.05, 0) is 107 Å². The Morgan fingerprint density at radius 1 is 0.623 bits per heavy atom. The third-order valence-corrected chi connectivity index (χ3v) is 9.14. The van der Waals surface area contributed by atoms with Gasteiger partial charge in [0, 0.05) is 5.56 Å². The van der Waals surface area contributed by atoms with Crippen LogP contribution in [0.15, 0.2) is 135 Å². The lowest BCUT2D eigenvalue weighted by Gasteiger charge is -2.17. The third kappa shape index (κ3) is 11.0. The molecule has 0 unspecified atom stereocenters. The maximum atomic E-state index is 14.1. The SMILES string of the molecule is COc1cc(-c2oc3cc(CC/C=C(/C)CC/C=C(/C)CCC=C(C)C)ccc3c(=O)c2OCc2ccccc2)cc(OC)c1OCc1ccccc1. The molecule has 0 N–H and O–H groups in total. The van der Waals surface area contributed by atoms with Crippen LogP contribution in [0.1, 0.15) is 76.5 Å². The molecule has 1 heterocycles. The molecule has 0 aliphatic carbocycles. The van der Waals surface area contributed by atoms with E-state index in [1.807, 2.05) is 78.9 Å². The van der Waals surface area contributed by atoms with Gasteiger partial charge in [-0.25, -0.2) is 0 Å². The van der Waals surface area contributed by atoms with Crippen molar-refractivity contribution in [2.24, 2.45) is 0 Å². The van der Waals surface area contributed by atoms with E-state index < -0.39 is 0 Å². The molecule has 5 rings (SSSR count). The lowest BCUT2D eigenvalue weighted by atomic mass is 10.0. The topological polar surface area (TPSA) is 67.1 Å². The first-order valence-electron chi connectivity index (χ1n) is 18.4. The van der Waals surface area contributed by atoms with E-state index in [2.05, 4.69) is 45.9 Å². The monoisotopic (exact) mass is 712 g/mol. The van der Waals surface area contributed by atoms with Gasteiger partial charge in [-0.2, -0.15) is 0 Å². The molecule has 4 aromatic carbocycles. The second kappa shape index (κ2) is 19.4. The number of ether oxygens (including phenoxy) is 4. The predicted molar refractivity (Wildman–Crippen MR) is 216 cm³/mol. The van der Waals surface area contributed by atoms with E-state index in [1.54, 1.807) is 26.4 Å². The number of benzene rings is 4. The smallest absolute Gasteiger partial charge is 0.235 e. The molecule has 0 saturated carbocycles. The summed E-state index contributed by atoms with van der Waals surface area (Å²) in [5.74, 6) is 1.75. The van der Waals surface area contributed by atoms with E-state index in [1.165, 1.54) is 16.7 Å². The standard InChI is InChI=1S/C47H52O6/c1-33(2)16-13-17-34(3)18-14-19-35(4)20-15-25-36-26-27-40-41(28-36)53-45(47(44(40)48)52-32-38-23-11-8-12-24-38)39-29-42(49-5)46(43(30-39)50-6)51-31-37-21-9-7-10-22-37/h7-12,16,18,20-24,26-30H,13-15,17,19,25,31-32H2,1-6H3/b34-18-,35-20-. The summed E-state index contributed by atoms with van der Waals surface area (Å²) < 4.78 is 30.6. The number of aryl methyl sites for hydroxylation is 1. The number of methoxy groups -OCH3 is 2. The van der Waals surface area contributed by atoms with Gasteiger partial charge in [0.25, 0.3) is 0 Å². The summed E-state index contributed by atoms with van der Waals surface area (Å²) in [5.41, 5.74) is 8.05. The highest BCUT2D eigenvalue weighted by molar-refractivity contribution is 5.83. The number of hydrogen-bond donors (Lipinski definition) is 0. The van der Waals surface area contributed by atoms with Gasteiger partial charge in [-0.15, -0.1) is 0 Å². The van der Waals surface area contributed by atoms with Gasteiger partial charge in [0.1, 0.15) is 18.8 Å². The van der Waals surface area contributed by atoms with Crippen molar-refractivity contribution in [1.29, 1.82) is 0 Å². The Hall–Kier alpha value is -5.49. The summed E-state index contributed by atoms with van der Waals surface area (Å²) in [6, 6.07) is 29.0. The van der Waals surface area contributed by atoms with Crippen molar-refractivity contribution < 1.29 is 23.4 Å². The van der Waals surface area contributed by atoms with Gasteiger partial charge in [0.15, 0.2) is 17.3 Å². The van der Waals surface area contributed by atoms with Gasteiger partial charge in [-0.1, -0.05) is 102 Å². The van der Waals surface area contributed by atoms with Crippen LogP contribution in [-0.4, -0.2) is 14.2 Å². The van der Waals surface area contributed by atoms with Crippen molar-refractivity contribution in [3.63, 3.8) is 0 Å². The van der Waals surface area contributed by atoms with Crippen LogP contribution in [0.3, 0.4) is 0 Å². The molecule has 0 fully saturated rings. The second-order valence-corrected chi connectivity index (χ2v) is 13.7. The summed E-state index contributed by atoms with van der Waals surface area (Å²) in [6.45, 7) is 9.26. The van der Waals surface area contributed by atoms with Crippen molar-refractivity contribution in [3.05, 3.63) is 153 Å². The number of rotatable bonds is 18. The van der Waals surface area contributed by atoms with E-state index >= 15 is 0 Å². The molecule has 5 aromatic rings. The molecular weight excluding hydrogens is 661 g/mol. The fourth-order valence-corrected chi connectivity index (χ4v) is 6.13. The fourth-order valence-electron chi connectivity index (χ4n) is 6.13. The number of allylic oxidation sites excluding steroid dienone is 6. The van der Waals surface area contributed by atoms with Crippen molar-refractivity contribution in [3.8, 4) is 34.3 Å². The minimum absolute atomic E-state index is 0.121. The molecule has 0 aliphatic heterocycles. The van der Waals surface area contributed by atoms with E-state index in [0.29, 0.717) is 46.1 Å². The molecular formula is C47H52O6. The van der Waals surface area contributed by atoms with Crippen LogP contribution in [-0.2, 0) is 19.6 Å². The molecule has 6 heteroatoms. The van der Waals surface area contributed by atoms with Crippen molar-refractivity contribution >= 4 is 11.0 Å². The van der Waals surface area contributed by atoms with Crippen LogP contribution in [0.5, 0.6) is 23.0 Å². The highest BCUT2D eigenvalue weighted by Crippen LogP contribution is 2.44. The molecule has 0 bridgehead atoms. The van der Waals surface area contributed by atoms with E-state index in [4.69, 9.17) is 23.4 Å². The Bertz CT molecular complexity index is 2080. The minimum Gasteiger partial charge on any atom is -0.493 e. The highest BCUT2D eigenvalue weighted by atomic mass is 16.5. The maximum absolute atomic E-state index is 14.1. The Balaban J connectivity index is 1.41. The van der Waals surface area contributed by atoms with E-state index in [-0.39, 0.29) is 17.8 Å². The molecule has 0 saturated heterocycles. The van der Waals surface area contributed by atoms with Gasteiger partial charge in [0.05, 0.1) is 19.6 Å². The highest BCUT2D eigenvalue weighted by Gasteiger charge is 2.23. The lowest BCUT2D eigenvalue weighted by molar-refractivity contribution is 0.266. The van der Waals surface area contributed by atoms with Crippen LogP contribution >= 0.6 is 0 Å². The number of fused-ring (bicyclic) bond motifs is 1. The first-order chi connectivity index (χ1) is 25.7. The number of hydrogen-bond acceptors (Lipinski definition) is 6. The molecule has 1 aromatic heterocycles. The van der Waals surface area contributed by atoms with Gasteiger partial charge >= 0.3 is 0 Å². The molecule has 0 amide bonds. The van der Waals surface area contributed by atoms with Crippen LogP contribution in [0.4, 0.5) is 0 Å². The zero-order chi connectivity index (χ0) is 37.6. The average Bonchev–Trinajstić information content (AvgIpc) is 3.17. The largest absolute Gasteiger partial charge is 0.493 e. The molecule has 0 aliphatic rings. The average molecular weight is 713 g/mol. The van der Waals surface area contributed by atoms with Gasteiger partial charge in [0.2, 0.25) is 16.9 Å². The summed E-state index contributed by atoms with van der Waals surface area (Å²) in [6.07, 6.45) is 13.0. The summed E-state index contributed by atoms with van der Waals surface area (Å²) in [5, 5.41) is 0.459. The molecule has 0 radical (unpaired) electrons. The van der Waals surface area contributed by atoms with Crippen molar-refractivity contribution in [1.82, 2.24) is 0 Å². The molecule has 0 spiro atoms. The van der Waals surface area contributed by atoms with Crippen molar-refractivity contribution in [2.75, 3.05) is 14.2 Å². The van der Waals surface area contributed by atoms with Crippen LogP contribution < -0.4 is 24.4 Å². The Morgan fingerprint density at radius 2 is 1.17 bits per heavy atom. The summed E-state index contributed by atoms with van der Waals surface area (Å²) >= 11 is 0. The van der Waals surface area contributed by atoms with E-state index in [9.17, 15) is 4.79 Å². The van der Waals surface area contributed by atoms with Crippen LogP contribution in [0, 0.1) is 0 Å². The van der Waals surface area contributed by atoms with Gasteiger partial charge < -0.3 is 23.4 Å². The minimum atomic E-state index is -0.244. The second-order valence-electron chi connectivity index (χ2n) is 13.7. The quantitative estimate of drug-likeness (QED) is 0.0843. The van der Waals surface area contributed by atoms with Crippen LogP contribution in [0.25, 0.3) is 22.3 Å². The lowest BCUT2D eigenvalue weighted by Crippen LogP contribution is -2.10. The van der Waals surface area contributed by atoms with Crippen LogP contribution in [0.2, 0.25) is 0 Å². The van der Waals surface area contributed by atoms with Crippen molar-refractivity contribution in [2.45, 2.75) is 79.4 Å². The van der Waals surface area contributed by atoms with E-state index in [0.717, 1.165) is 55.2 Å². The maximum Gasteiger partial charge on any atom is 0.235 e. The Labute approximate surface area is 314 Å². The Morgan fingerprint density at radius 3 is 1.74 bits per heavy atom. The molecule has 6 nitrogen and oxygen atoms in total. The molecule has 0 atom stereocenters. The molecule has 276 valence electrons. The molecule has 53 heavy (non-hydrogen) atoms. The third-order valence-electron chi connectivity index (χ3n) is 9.14.